The summed E-state index contributed by atoms with van der Waals surface area (Å²) < 4.78 is 6.53. The first-order chi connectivity index (χ1) is 9.79. The van der Waals surface area contributed by atoms with E-state index in [1.165, 1.54) is 36.5 Å². The van der Waals surface area contributed by atoms with Crippen molar-refractivity contribution in [1.29, 1.82) is 0 Å². The molecule has 0 spiro atoms. The lowest BCUT2D eigenvalue weighted by Gasteiger charge is -2.36. The Bertz CT molecular complexity index is 689. The van der Waals surface area contributed by atoms with E-state index >= 15 is 0 Å². The molecular formula is C16H18N2O2. The summed E-state index contributed by atoms with van der Waals surface area (Å²) >= 11 is 0. The first-order valence-corrected chi connectivity index (χ1v) is 7.24. The Morgan fingerprint density at radius 2 is 2.35 bits per heavy atom. The average molecular weight is 270 g/mol. The Labute approximate surface area is 117 Å². The zero-order valence-corrected chi connectivity index (χ0v) is 11.6. The zero-order valence-electron chi connectivity index (χ0n) is 11.6. The maximum Gasteiger partial charge on any atom is 0.418 e. The number of piperidine rings is 1. The second-order valence-corrected chi connectivity index (χ2v) is 5.75. The highest BCUT2D eigenvalue weighted by molar-refractivity contribution is 5.95. The summed E-state index contributed by atoms with van der Waals surface area (Å²) in [6.45, 7) is 1.10. The van der Waals surface area contributed by atoms with Crippen molar-refractivity contribution < 1.29 is 9.53 Å². The van der Waals surface area contributed by atoms with Gasteiger partial charge >= 0.3 is 6.09 Å². The molecule has 1 aromatic heterocycles. The van der Waals surface area contributed by atoms with Gasteiger partial charge in [0, 0.05) is 23.5 Å². The van der Waals surface area contributed by atoms with Crippen molar-refractivity contribution in [3.8, 4) is 0 Å². The van der Waals surface area contributed by atoms with Crippen LogP contribution in [0.4, 0.5) is 4.79 Å². The topological polar surface area (TPSA) is 43.3 Å². The molecule has 1 aliphatic heterocycles. The normalized spacial score (nSPS) is 24.4. The lowest BCUT2D eigenvalue weighted by molar-refractivity contribution is 0.174. The van der Waals surface area contributed by atoms with E-state index in [4.69, 9.17) is 4.74 Å². The van der Waals surface area contributed by atoms with E-state index < -0.39 is 0 Å². The van der Waals surface area contributed by atoms with Gasteiger partial charge in [0.1, 0.15) is 0 Å². The number of ether oxygens (including phenoxy) is 1. The van der Waals surface area contributed by atoms with Gasteiger partial charge in [-0.1, -0.05) is 12.1 Å². The van der Waals surface area contributed by atoms with Crippen molar-refractivity contribution in [2.45, 2.75) is 31.2 Å². The van der Waals surface area contributed by atoms with E-state index in [0.717, 1.165) is 18.5 Å². The van der Waals surface area contributed by atoms with E-state index in [1.54, 1.807) is 4.57 Å². The van der Waals surface area contributed by atoms with Crippen molar-refractivity contribution in [2.24, 2.45) is 0 Å². The van der Waals surface area contributed by atoms with Gasteiger partial charge in [-0.25, -0.2) is 4.79 Å². The van der Waals surface area contributed by atoms with Crippen molar-refractivity contribution in [3.05, 3.63) is 35.5 Å². The van der Waals surface area contributed by atoms with Gasteiger partial charge in [-0.15, -0.1) is 0 Å². The number of fused-ring (bicyclic) bond motifs is 2. The van der Waals surface area contributed by atoms with Crippen LogP contribution < -0.4 is 5.32 Å². The SMILES string of the molecule is COC(=O)n1cc2c3c(cccc31)[C@H]1CCCN[C@@H]1C2. The molecule has 0 amide bonds. The largest absolute Gasteiger partial charge is 0.452 e. The number of rotatable bonds is 0. The number of carbonyl (C=O) groups excluding carboxylic acids is 1. The Hall–Kier alpha value is -1.81. The third-order valence-corrected chi connectivity index (χ3v) is 4.74. The van der Waals surface area contributed by atoms with Crippen molar-refractivity contribution in [3.63, 3.8) is 0 Å². The molecular weight excluding hydrogens is 252 g/mol. The second-order valence-electron chi connectivity index (χ2n) is 5.75. The molecule has 4 heteroatoms. The van der Waals surface area contributed by atoms with Gasteiger partial charge in [-0.3, -0.25) is 4.57 Å². The average Bonchev–Trinajstić information content (AvgIpc) is 2.87. The number of nitrogens with one attached hydrogen (secondary N) is 1. The lowest BCUT2D eigenvalue weighted by Crippen LogP contribution is -2.43. The molecule has 104 valence electrons. The van der Waals surface area contributed by atoms with E-state index in [0.29, 0.717) is 12.0 Å². The summed E-state index contributed by atoms with van der Waals surface area (Å²) in [5, 5.41) is 4.90. The Kier molecular flexibility index (Phi) is 2.60. The molecule has 2 aromatic rings. The molecule has 0 unspecified atom stereocenters. The zero-order chi connectivity index (χ0) is 13.7. The molecule has 2 aliphatic rings. The van der Waals surface area contributed by atoms with Crippen LogP contribution in [-0.4, -0.2) is 30.4 Å². The summed E-state index contributed by atoms with van der Waals surface area (Å²) in [6, 6.07) is 6.79. The van der Waals surface area contributed by atoms with Crippen LogP contribution in [0, 0.1) is 0 Å². The fourth-order valence-electron chi connectivity index (χ4n) is 3.89. The maximum atomic E-state index is 11.9. The third kappa shape index (κ3) is 1.54. The Balaban J connectivity index is 1.95. The number of nitrogens with zero attached hydrogens (tertiary/aromatic N) is 1. The lowest BCUT2D eigenvalue weighted by atomic mass is 9.76. The maximum absolute atomic E-state index is 11.9. The van der Waals surface area contributed by atoms with Gasteiger partial charge in [0.2, 0.25) is 0 Å². The minimum Gasteiger partial charge on any atom is -0.452 e. The number of aromatic nitrogens is 1. The summed E-state index contributed by atoms with van der Waals surface area (Å²) in [6.07, 6.45) is 5.11. The number of benzene rings is 1. The second kappa shape index (κ2) is 4.35. The highest BCUT2D eigenvalue weighted by Gasteiger charge is 2.33. The van der Waals surface area contributed by atoms with Crippen LogP contribution in [0.15, 0.2) is 24.4 Å². The standard InChI is InChI=1S/C16H18N2O2/c1-20-16(19)18-9-10-8-13-11(5-3-7-17-13)12-4-2-6-14(18)15(10)12/h2,4,6,9,11,13,17H,3,5,7-8H2,1H3/t11-,13-/m1/s1. The van der Waals surface area contributed by atoms with Gasteiger partial charge in [-0.2, -0.15) is 0 Å². The molecule has 4 nitrogen and oxygen atoms in total. The Morgan fingerprint density at radius 3 is 3.20 bits per heavy atom. The molecule has 1 N–H and O–H groups in total. The van der Waals surface area contributed by atoms with Crippen molar-refractivity contribution in [2.75, 3.05) is 13.7 Å². The van der Waals surface area contributed by atoms with Gasteiger partial charge in [0.05, 0.1) is 12.6 Å². The van der Waals surface area contributed by atoms with Crippen LogP contribution >= 0.6 is 0 Å². The molecule has 1 aliphatic carbocycles. The van der Waals surface area contributed by atoms with Crippen LogP contribution in [0.2, 0.25) is 0 Å². The van der Waals surface area contributed by atoms with Gasteiger partial charge in [0.25, 0.3) is 0 Å². The number of hydrogen-bond donors (Lipinski definition) is 1. The predicted molar refractivity (Wildman–Crippen MR) is 77.2 cm³/mol. The molecule has 2 atom stereocenters. The third-order valence-electron chi connectivity index (χ3n) is 4.74. The van der Waals surface area contributed by atoms with Crippen LogP contribution in [0.1, 0.15) is 29.9 Å². The van der Waals surface area contributed by atoms with E-state index in [2.05, 4.69) is 17.4 Å². The van der Waals surface area contributed by atoms with E-state index in [-0.39, 0.29) is 6.09 Å². The summed E-state index contributed by atoms with van der Waals surface area (Å²) in [5.74, 6) is 0.577. The Morgan fingerprint density at radius 1 is 1.45 bits per heavy atom. The van der Waals surface area contributed by atoms with Crippen LogP contribution in [0.5, 0.6) is 0 Å². The number of carbonyl (C=O) groups is 1. The monoisotopic (exact) mass is 270 g/mol. The minimum absolute atomic E-state index is 0.309. The van der Waals surface area contributed by atoms with E-state index in [9.17, 15) is 4.79 Å². The summed E-state index contributed by atoms with van der Waals surface area (Å²) in [7, 11) is 1.43. The fraction of sp³-hybridized carbons (Fsp3) is 0.438. The molecule has 0 bridgehead atoms. The summed E-state index contributed by atoms with van der Waals surface area (Å²) in [5.41, 5.74) is 3.63. The predicted octanol–water partition coefficient (Wildman–Crippen LogP) is 2.65. The van der Waals surface area contributed by atoms with Gasteiger partial charge in [0.15, 0.2) is 0 Å². The molecule has 2 heterocycles. The minimum atomic E-state index is -0.309. The number of methoxy groups -OCH3 is 1. The van der Waals surface area contributed by atoms with Crippen molar-refractivity contribution in [1.82, 2.24) is 9.88 Å². The first-order valence-electron chi connectivity index (χ1n) is 7.24. The highest BCUT2D eigenvalue weighted by atomic mass is 16.5. The van der Waals surface area contributed by atoms with Crippen LogP contribution in [0.3, 0.4) is 0 Å². The molecule has 1 aromatic carbocycles. The molecule has 0 saturated carbocycles. The molecule has 1 fully saturated rings. The quantitative estimate of drug-likeness (QED) is 0.800. The highest BCUT2D eigenvalue weighted by Crippen LogP contribution is 2.41. The van der Waals surface area contributed by atoms with E-state index in [1.807, 2.05) is 12.3 Å². The van der Waals surface area contributed by atoms with Gasteiger partial charge < -0.3 is 10.1 Å². The first kappa shape index (κ1) is 12.0. The van der Waals surface area contributed by atoms with Crippen LogP contribution in [-0.2, 0) is 11.2 Å². The van der Waals surface area contributed by atoms with Crippen LogP contribution in [0.25, 0.3) is 10.9 Å². The smallest absolute Gasteiger partial charge is 0.418 e. The summed E-state index contributed by atoms with van der Waals surface area (Å²) in [4.78, 5) is 11.9. The van der Waals surface area contributed by atoms with Crippen molar-refractivity contribution >= 4 is 17.0 Å². The molecule has 0 radical (unpaired) electrons. The molecule has 20 heavy (non-hydrogen) atoms. The van der Waals surface area contributed by atoms with Gasteiger partial charge in [-0.05, 0) is 43.0 Å². The molecule has 4 rings (SSSR count). The number of hydrogen-bond acceptors (Lipinski definition) is 3. The fourth-order valence-corrected chi connectivity index (χ4v) is 3.89. The molecule has 1 saturated heterocycles.